The van der Waals surface area contributed by atoms with E-state index in [9.17, 15) is 18.8 Å². The molecular formula is C14H14BrFN4O5. The highest BCUT2D eigenvalue weighted by Gasteiger charge is 2.19. The highest BCUT2D eigenvalue weighted by Crippen LogP contribution is 2.19. The maximum Gasteiger partial charge on any atom is 0.362 e. The van der Waals surface area contributed by atoms with Gasteiger partial charge in [-0.15, -0.1) is 0 Å². The van der Waals surface area contributed by atoms with Crippen LogP contribution < -0.4 is 10.7 Å². The highest BCUT2D eigenvalue weighted by atomic mass is 79.9. The van der Waals surface area contributed by atoms with E-state index in [0.29, 0.717) is 4.47 Å². The predicted octanol–water partition coefficient (Wildman–Crippen LogP) is 1.41. The van der Waals surface area contributed by atoms with Crippen molar-refractivity contribution in [2.75, 3.05) is 11.9 Å². The Bertz CT molecular complexity index is 751. The lowest BCUT2D eigenvalue weighted by Gasteiger charge is -2.06. The Balaban J connectivity index is 2.74. The molecule has 11 heteroatoms. The Hall–Kier alpha value is -2.82. The largest absolute Gasteiger partial charge is 0.461 e. The average molecular weight is 417 g/mol. The van der Waals surface area contributed by atoms with Gasteiger partial charge in [-0.2, -0.15) is 5.10 Å². The molecule has 0 aromatic heterocycles. The fourth-order valence-corrected chi connectivity index (χ4v) is 1.80. The van der Waals surface area contributed by atoms with Gasteiger partial charge in [0, 0.05) is 4.47 Å². The molecule has 0 aliphatic rings. The number of rotatable bonds is 5. The van der Waals surface area contributed by atoms with E-state index in [1.807, 2.05) is 5.43 Å². The van der Waals surface area contributed by atoms with Gasteiger partial charge in [0.05, 0.1) is 18.0 Å². The molecule has 0 saturated carbocycles. The van der Waals surface area contributed by atoms with Gasteiger partial charge in [0.1, 0.15) is 5.82 Å². The van der Waals surface area contributed by atoms with Crippen LogP contribution in [0.3, 0.4) is 0 Å². The summed E-state index contributed by atoms with van der Waals surface area (Å²) in [5.74, 6) is -4.10. The summed E-state index contributed by atoms with van der Waals surface area (Å²) in [6, 6.07) is 3.85. The van der Waals surface area contributed by atoms with Crippen LogP contribution in [-0.4, -0.2) is 41.0 Å². The molecule has 0 fully saturated rings. The summed E-state index contributed by atoms with van der Waals surface area (Å²) in [7, 11) is 0. The second kappa shape index (κ2) is 9.47. The summed E-state index contributed by atoms with van der Waals surface area (Å²) >= 11 is 3.06. The van der Waals surface area contributed by atoms with Crippen LogP contribution in [0.5, 0.6) is 0 Å². The van der Waals surface area contributed by atoms with Gasteiger partial charge in [-0.1, -0.05) is 21.1 Å². The molecular weight excluding hydrogens is 403 g/mol. The first-order valence-corrected chi connectivity index (χ1v) is 7.59. The van der Waals surface area contributed by atoms with Crippen LogP contribution in [0.25, 0.3) is 0 Å². The molecule has 0 aliphatic heterocycles. The molecule has 1 aromatic rings. The van der Waals surface area contributed by atoms with Gasteiger partial charge < -0.3 is 15.3 Å². The van der Waals surface area contributed by atoms with E-state index in [1.165, 1.54) is 19.1 Å². The summed E-state index contributed by atoms with van der Waals surface area (Å²) in [5.41, 5.74) is 0.912. The quantitative estimate of drug-likeness (QED) is 0.219. The van der Waals surface area contributed by atoms with E-state index < -0.39 is 29.3 Å². The monoisotopic (exact) mass is 416 g/mol. The summed E-state index contributed by atoms with van der Waals surface area (Å²) in [6.45, 7) is 2.84. The Morgan fingerprint density at radius 3 is 2.56 bits per heavy atom. The third-order valence-corrected chi connectivity index (χ3v) is 3.12. The minimum atomic E-state index is -1.22. The normalized spacial score (nSPS) is 11.7. The molecule has 9 nitrogen and oxygen atoms in total. The maximum absolute atomic E-state index is 13.6. The summed E-state index contributed by atoms with van der Waals surface area (Å²) in [6.07, 6.45) is 0. The van der Waals surface area contributed by atoms with Crippen LogP contribution in [0.4, 0.5) is 10.1 Å². The van der Waals surface area contributed by atoms with Gasteiger partial charge in [-0.3, -0.25) is 9.59 Å². The van der Waals surface area contributed by atoms with Crippen molar-refractivity contribution in [2.24, 2.45) is 10.3 Å². The number of halogens is 2. The summed E-state index contributed by atoms with van der Waals surface area (Å²) in [5, 5.41) is 17.0. The number of hydrogen-bond acceptors (Lipinski definition) is 7. The van der Waals surface area contributed by atoms with E-state index in [4.69, 9.17) is 5.21 Å². The Labute approximate surface area is 150 Å². The number of nitrogens with zero attached hydrogens (tertiary/aromatic N) is 2. The molecule has 0 bridgehead atoms. The SMILES string of the molecule is CCOC(=O)C(=N\O)/C(C)=N/NC(=O)C(=O)Nc1ccc(Br)cc1F. The lowest BCUT2D eigenvalue weighted by molar-refractivity contribution is -0.136. The van der Waals surface area contributed by atoms with Crippen LogP contribution in [0.15, 0.2) is 32.9 Å². The van der Waals surface area contributed by atoms with Crippen molar-refractivity contribution in [3.63, 3.8) is 0 Å². The van der Waals surface area contributed by atoms with Gasteiger partial charge >= 0.3 is 17.8 Å². The molecule has 0 radical (unpaired) electrons. The summed E-state index contributed by atoms with van der Waals surface area (Å²) < 4.78 is 18.7. The number of carbonyl (C=O) groups is 3. The predicted molar refractivity (Wildman–Crippen MR) is 89.8 cm³/mol. The van der Waals surface area contributed by atoms with Crippen molar-refractivity contribution in [1.29, 1.82) is 0 Å². The molecule has 3 N–H and O–H groups in total. The van der Waals surface area contributed by atoms with Gasteiger partial charge in [-0.05, 0) is 32.0 Å². The molecule has 2 amide bonds. The van der Waals surface area contributed by atoms with Crippen LogP contribution >= 0.6 is 15.9 Å². The molecule has 134 valence electrons. The van der Waals surface area contributed by atoms with E-state index in [-0.39, 0.29) is 18.0 Å². The van der Waals surface area contributed by atoms with Crippen molar-refractivity contribution in [3.8, 4) is 0 Å². The second-order valence-electron chi connectivity index (χ2n) is 4.39. The Kier molecular flexibility index (Phi) is 7.66. The standard InChI is InChI=1S/C14H14BrFN4O5/c1-3-25-14(23)11(20-24)7(2)18-19-13(22)12(21)17-10-5-4-8(15)6-9(10)16/h4-6,24H,3H2,1-2H3,(H,17,21)(H,19,22)/b18-7+,20-11-. The van der Waals surface area contributed by atoms with Crippen molar-refractivity contribution >= 4 is 50.8 Å². The first-order valence-electron chi connectivity index (χ1n) is 6.80. The number of oxime groups is 1. The lowest BCUT2D eigenvalue weighted by Crippen LogP contribution is -2.34. The van der Waals surface area contributed by atoms with Crippen LogP contribution in [0, 0.1) is 5.82 Å². The number of esters is 1. The third kappa shape index (κ3) is 5.95. The molecule has 1 rings (SSSR count). The van der Waals surface area contributed by atoms with Gasteiger partial charge in [0.2, 0.25) is 5.71 Å². The number of benzene rings is 1. The number of amides is 2. The fraction of sp³-hybridized carbons (Fsp3) is 0.214. The fourth-order valence-electron chi connectivity index (χ4n) is 1.47. The van der Waals surface area contributed by atoms with Crippen molar-refractivity contribution in [2.45, 2.75) is 13.8 Å². The Morgan fingerprint density at radius 2 is 2.00 bits per heavy atom. The highest BCUT2D eigenvalue weighted by molar-refractivity contribution is 9.10. The van der Waals surface area contributed by atoms with Crippen LogP contribution in [0.1, 0.15) is 13.8 Å². The van der Waals surface area contributed by atoms with Crippen molar-refractivity contribution in [3.05, 3.63) is 28.5 Å². The number of ether oxygens (including phenoxy) is 1. The lowest BCUT2D eigenvalue weighted by atomic mass is 10.2. The molecule has 25 heavy (non-hydrogen) atoms. The van der Waals surface area contributed by atoms with E-state index >= 15 is 0 Å². The number of hydrazone groups is 1. The van der Waals surface area contributed by atoms with E-state index in [0.717, 1.165) is 6.07 Å². The van der Waals surface area contributed by atoms with Crippen molar-refractivity contribution in [1.82, 2.24) is 5.43 Å². The number of nitrogens with one attached hydrogen (secondary N) is 2. The number of hydrogen-bond donors (Lipinski definition) is 3. The molecule has 0 atom stereocenters. The molecule has 1 aromatic carbocycles. The first-order chi connectivity index (χ1) is 11.8. The zero-order chi connectivity index (χ0) is 19.0. The van der Waals surface area contributed by atoms with Crippen molar-refractivity contribution < 1.29 is 28.7 Å². The van der Waals surface area contributed by atoms with E-state index in [1.54, 1.807) is 6.92 Å². The number of anilines is 1. The van der Waals surface area contributed by atoms with Crippen LogP contribution in [0.2, 0.25) is 0 Å². The Morgan fingerprint density at radius 1 is 1.32 bits per heavy atom. The minimum Gasteiger partial charge on any atom is -0.461 e. The van der Waals surface area contributed by atoms with Gasteiger partial charge in [0.15, 0.2) is 0 Å². The first kappa shape index (κ1) is 20.2. The van der Waals surface area contributed by atoms with Crippen LogP contribution in [-0.2, 0) is 19.1 Å². The average Bonchev–Trinajstić information content (AvgIpc) is 2.56. The molecule has 0 unspecified atom stereocenters. The number of carbonyl (C=O) groups excluding carboxylic acids is 3. The molecule has 0 saturated heterocycles. The molecule has 0 spiro atoms. The zero-order valence-electron chi connectivity index (χ0n) is 13.2. The molecule has 0 aliphatic carbocycles. The molecule has 0 heterocycles. The van der Waals surface area contributed by atoms with E-state index in [2.05, 4.69) is 36.2 Å². The third-order valence-electron chi connectivity index (χ3n) is 2.62. The second-order valence-corrected chi connectivity index (χ2v) is 5.30. The maximum atomic E-state index is 13.6. The smallest absolute Gasteiger partial charge is 0.362 e. The minimum absolute atomic E-state index is 0.0403. The van der Waals surface area contributed by atoms with Gasteiger partial charge in [-0.25, -0.2) is 14.6 Å². The zero-order valence-corrected chi connectivity index (χ0v) is 14.8. The topological polar surface area (TPSA) is 129 Å². The van der Waals surface area contributed by atoms with Gasteiger partial charge in [0.25, 0.3) is 0 Å². The summed E-state index contributed by atoms with van der Waals surface area (Å²) in [4.78, 5) is 34.8.